The molecule has 2 aliphatic heterocycles. The Hall–Kier alpha value is -1.36. The maximum Gasteiger partial charge on any atom is 0.236 e. The number of carbonyl (C=O) groups is 1. The number of nitrogens with zero attached hydrogens (tertiary/aromatic N) is 2. The molecule has 130 valence electrons. The summed E-state index contributed by atoms with van der Waals surface area (Å²) in [6, 6.07) is 7.88. The number of benzene rings is 1. The van der Waals surface area contributed by atoms with Gasteiger partial charge in [-0.15, -0.1) is 0 Å². The van der Waals surface area contributed by atoms with E-state index in [2.05, 4.69) is 17.1 Å². The molecule has 0 radical (unpaired) electrons. The second kappa shape index (κ2) is 8.65. The van der Waals surface area contributed by atoms with E-state index < -0.39 is 0 Å². The van der Waals surface area contributed by atoms with Crippen molar-refractivity contribution in [3.63, 3.8) is 0 Å². The third kappa shape index (κ3) is 5.07. The Labute approximate surface area is 149 Å². The van der Waals surface area contributed by atoms with Gasteiger partial charge in [0, 0.05) is 31.2 Å². The average molecular weight is 349 g/mol. The Morgan fingerprint density at radius 3 is 2.46 bits per heavy atom. The summed E-state index contributed by atoms with van der Waals surface area (Å²) in [7, 11) is 0. The maximum absolute atomic E-state index is 12.4. The number of morpholine rings is 1. The highest BCUT2D eigenvalue weighted by atomic mass is 35.5. The van der Waals surface area contributed by atoms with E-state index in [1.807, 2.05) is 29.2 Å². The second-order valence-corrected chi connectivity index (χ2v) is 6.95. The molecule has 0 atom stereocenters. The molecular formula is C19H25ClN2O2. The molecule has 2 saturated heterocycles. The number of hydrogen-bond donors (Lipinski definition) is 0. The molecule has 0 bridgehead atoms. The number of rotatable bonds is 4. The summed E-state index contributed by atoms with van der Waals surface area (Å²) >= 11 is 5.90. The largest absolute Gasteiger partial charge is 0.379 e. The van der Waals surface area contributed by atoms with E-state index in [1.54, 1.807) is 0 Å². The van der Waals surface area contributed by atoms with Crippen LogP contribution in [-0.4, -0.2) is 61.6 Å². The fourth-order valence-corrected chi connectivity index (χ4v) is 3.34. The van der Waals surface area contributed by atoms with Crippen molar-refractivity contribution < 1.29 is 9.53 Å². The lowest BCUT2D eigenvalue weighted by Crippen LogP contribution is -2.46. The van der Waals surface area contributed by atoms with Crippen molar-refractivity contribution in [2.24, 2.45) is 5.92 Å². The van der Waals surface area contributed by atoms with E-state index in [-0.39, 0.29) is 5.91 Å². The quantitative estimate of drug-likeness (QED) is 0.838. The molecule has 4 nitrogen and oxygen atoms in total. The molecule has 2 aliphatic rings. The van der Waals surface area contributed by atoms with Crippen molar-refractivity contribution in [2.75, 3.05) is 45.9 Å². The lowest BCUT2D eigenvalue weighted by molar-refractivity contribution is -0.134. The average Bonchev–Trinajstić information content (AvgIpc) is 2.62. The normalized spacial score (nSPS) is 20.6. The SMILES string of the molecule is O=C(CN1CCOCC1)N1CCC(/C=C/c2ccc(Cl)cc2)CC1. The van der Waals surface area contributed by atoms with E-state index in [1.165, 1.54) is 5.56 Å². The summed E-state index contributed by atoms with van der Waals surface area (Å²) in [4.78, 5) is 16.6. The lowest BCUT2D eigenvalue weighted by Gasteiger charge is -2.33. The summed E-state index contributed by atoms with van der Waals surface area (Å²) < 4.78 is 5.33. The minimum atomic E-state index is 0.261. The van der Waals surface area contributed by atoms with Crippen LogP contribution in [0, 0.1) is 5.92 Å². The van der Waals surface area contributed by atoms with Crippen LogP contribution in [-0.2, 0) is 9.53 Å². The molecule has 0 saturated carbocycles. The van der Waals surface area contributed by atoms with Gasteiger partial charge in [0.15, 0.2) is 0 Å². The zero-order chi connectivity index (χ0) is 16.8. The van der Waals surface area contributed by atoms with E-state index in [9.17, 15) is 4.79 Å². The minimum absolute atomic E-state index is 0.261. The van der Waals surface area contributed by atoms with Crippen molar-refractivity contribution in [3.05, 3.63) is 40.9 Å². The Balaban J connectivity index is 1.43. The lowest BCUT2D eigenvalue weighted by atomic mass is 9.95. The molecular weight excluding hydrogens is 324 g/mol. The van der Waals surface area contributed by atoms with Gasteiger partial charge in [-0.2, -0.15) is 0 Å². The van der Waals surface area contributed by atoms with Gasteiger partial charge in [0.1, 0.15) is 0 Å². The van der Waals surface area contributed by atoms with Crippen molar-refractivity contribution in [3.8, 4) is 0 Å². The van der Waals surface area contributed by atoms with Gasteiger partial charge in [-0.25, -0.2) is 0 Å². The number of halogens is 1. The van der Waals surface area contributed by atoms with E-state index >= 15 is 0 Å². The van der Waals surface area contributed by atoms with Gasteiger partial charge in [0.05, 0.1) is 19.8 Å². The zero-order valence-corrected chi connectivity index (χ0v) is 14.8. The number of carbonyl (C=O) groups excluding carboxylic acids is 1. The fourth-order valence-electron chi connectivity index (χ4n) is 3.21. The van der Waals surface area contributed by atoms with Crippen LogP contribution in [0.3, 0.4) is 0 Å². The van der Waals surface area contributed by atoms with Gasteiger partial charge in [-0.05, 0) is 36.5 Å². The molecule has 3 rings (SSSR count). The first-order valence-electron chi connectivity index (χ1n) is 8.72. The second-order valence-electron chi connectivity index (χ2n) is 6.52. The molecule has 2 fully saturated rings. The molecule has 0 N–H and O–H groups in total. The first kappa shape index (κ1) is 17.5. The molecule has 0 unspecified atom stereocenters. The molecule has 5 heteroatoms. The summed E-state index contributed by atoms with van der Waals surface area (Å²) in [5.41, 5.74) is 1.17. The predicted octanol–water partition coefficient (Wildman–Crippen LogP) is 2.92. The smallest absolute Gasteiger partial charge is 0.236 e. The third-order valence-corrected chi connectivity index (χ3v) is 5.04. The first-order chi connectivity index (χ1) is 11.7. The maximum atomic E-state index is 12.4. The van der Waals surface area contributed by atoms with Crippen molar-refractivity contribution >= 4 is 23.6 Å². The van der Waals surface area contributed by atoms with Crippen LogP contribution in [0.25, 0.3) is 6.08 Å². The van der Waals surface area contributed by atoms with Crippen molar-refractivity contribution in [1.29, 1.82) is 0 Å². The first-order valence-corrected chi connectivity index (χ1v) is 9.10. The Bertz CT molecular complexity index is 559. The number of piperidine rings is 1. The molecule has 24 heavy (non-hydrogen) atoms. The molecule has 1 aromatic rings. The van der Waals surface area contributed by atoms with Crippen LogP contribution >= 0.6 is 11.6 Å². The highest BCUT2D eigenvalue weighted by Crippen LogP contribution is 2.20. The highest BCUT2D eigenvalue weighted by Gasteiger charge is 2.23. The zero-order valence-electron chi connectivity index (χ0n) is 14.0. The number of amides is 1. The minimum Gasteiger partial charge on any atom is -0.379 e. The number of hydrogen-bond acceptors (Lipinski definition) is 3. The Morgan fingerprint density at radius 2 is 1.79 bits per heavy atom. The van der Waals surface area contributed by atoms with E-state index in [4.69, 9.17) is 16.3 Å². The van der Waals surface area contributed by atoms with Crippen molar-refractivity contribution in [2.45, 2.75) is 12.8 Å². The number of ether oxygens (including phenoxy) is 1. The molecule has 1 amide bonds. The molecule has 1 aromatic carbocycles. The van der Waals surface area contributed by atoms with Crippen LogP contribution in [0.4, 0.5) is 0 Å². The summed E-state index contributed by atoms with van der Waals surface area (Å²) in [5.74, 6) is 0.810. The topological polar surface area (TPSA) is 32.8 Å². The number of likely N-dealkylation sites (tertiary alicyclic amines) is 1. The summed E-state index contributed by atoms with van der Waals surface area (Å²) in [5, 5.41) is 0.763. The van der Waals surface area contributed by atoms with Gasteiger partial charge in [-0.3, -0.25) is 9.69 Å². The van der Waals surface area contributed by atoms with Gasteiger partial charge < -0.3 is 9.64 Å². The molecule has 2 heterocycles. The van der Waals surface area contributed by atoms with Gasteiger partial charge in [-0.1, -0.05) is 35.9 Å². The van der Waals surface area contributed by atoms with Gasteiger partial charge in [0.2, 0.25) is 5.91 Å². The van der Waals surface area contributed by atoms with Gasteiger partial charge in [0.25, 0.3) is 0 Å². The summed E-state index contributed by atoms with van der Waals surface area (Å²) in [6.07, 6.45) is 6.51. The van der Waals surface area contributed by atoms with Crippen LogP contribution in [0.1, 0.15) is 18.4 Å². The monoisotopic (exact) mass is 348 g/mol. The standard InChI is InChI=1S/C19H25ClN2O2/c20-18-5-3-16(4-6-18)1-2-17-7-9-22(10-8-17)19(23)15-21-11-13-24-14-12-21/h1-6,17H,7-15H2/b2-1+. The van der Waals surface area contributed by atoms with Crippen LogP contribution in [0.2, 0.25) is 5.02 Å². The van der Waals surface area contributed by atoms with Crippen LogP contribution < -0.4 is 0 Å². The van der Waals surface area contributed by atoms with Crippen LogP contribution in [0.5, 0.6) is 0 Å². The molecule has 0 aliphatic carbocycles. The number of allylic oxidation sites excluding steroid dienone is 1. The van der Waals surface area contributed by atoms with Crippen LogP contribution in [0.15, 0.2) is 30.3 Å². The fraction of sp³-hybridized carbons (Fsp3) is 0.526. The highest BCUT2D eigenvalue weighted by molar-refractivity contribution is 6.30. The Kier molecular flexibility index (Phi) is 6.30. The van der Waals surface area contributed by atoms with Crippen molar-refractivity contribution in [1.82, 2.24) is 9.80 Å². The van der Waals surface area contributed by atoms with Gasteiger partial charge >= 0.3 is 0 Å². The molecule has 0 spiro atoms. The summed E-state index contributed by atoms with van der Waals surface area (Å²) in [6.45, 7) is 5.47. The third-order valence-electron chi connectivity index (χ3n) is 4.79. The molecule has 0 aromatic heterocycles. The van der Waals surface area contributed by atoms with E-state index in [0.29, 0.717) is 12.5 Å². The Morgan fingerprint density at radius 1 is 1.12 bits per heavy atom. The predicted molar refractivity (Wildman–Crippen MR) is 97.0 cm³/mol. The van der Waals surface area contributed by atoms with E-state index in [0.717, 1.165) is 57.3 Å².